The molecule has 0 aliphatic rings. The van der Waals surface area contributed by atoms with E-state index in [2.05, 4.69) is 37.9 Å². The lowest BCUT2D eigenvalue weighted by Crippen LogP contribution is -2.40. The van der Waals surface area contributed by atoms with Crippen LogP contribution in [0.4, 0.5) is 11.4 Å². The number of nitro groups is 1. The van der Waals surface area contributed by atoms with Crippen LogP contribution in [0.3, 0.4) is 0 Å². The van der Waals surface area contributed by atoms with Crippen molar-refractivity contribution in [2.45, 2.75) is 39.8 Å². The first-order chi connectivity index (χ1) is 9.34. The minimum atomic E-state index is -0.420. The SMILES string of the molecule is CC(C)N(CCNc1c(Cl)cccc1[N+](=O)[O-])C(C)C. The number of rotatable bonds is 7. The van der Waals surface area contributed by atoms with Crippen LogP contribution in [0.25, 0.3) is 0 Å². The minimum Gasteiger partial charge on any atom is -0.377 e. The normalized spacial score (nSPS) is 11.4. The van der Waals surface area contributed by atoms with Gasteiger partial charge in [0.1, 0.15) is 5.69 Å². The summed E-state index contributed by atoms with van der Waals surface area (Å²) >= 11 is 6.03. The Bertz CT molecular complexity index is 456. The number of anilines is 1. The molecular formula is C14H22ClN3O2. The van der Waals surface area contributed by atoms with Gasteiger partial charge in [-0.15, -0.1) is 0 Å². The van der Waals surface area contributed by atoms with Gasteiger partial charge in [0.15, 0.2) is 0 Å². The largest absolute Gasteiger partial charge is 0.377 e. The quantitative estimate of drug-likeness (QED) is 0.615. The highest BCUT2D eigenvalue weighted by atomic mass is 35.5. The van der Waals surface area contributed by atoms with Gasteiger partial charge in [0, 0.05) is 31.2 Å². The van der Waals surface area contributed by atoms with Crippen molar-refractivity contribution >= 4 is 23.0 Å². The number of hydrogen-bond acceptors (Lipinski definition) is 4. The van der Waals surface area contributed by atoms with Crippen molar-refractivity contribution in [1.82, 2.24) is 4.90 Å². The maximum absolute atomic E-state index is 11.0. The van der Waals surface area contributed by atoms with Crippen molar-refractivity contribution < 1.29 is 4.92 Å². The molecule has 0 aliphatic carbocycles. The van der Waals surface area contributed by atoms with Gasteiger partial charge in [-0.3, -0.25) is 15.0 Å². The van der Waals surface area contributed by atoms with E-state index in [1.165, 1.54) is 6.07 Å². The Morgan fingerprint density at radius 3 is 2.40 bits per heavy atom. The molecular weight excluding hydrogens is 278 g/mol. The van der Waals surface area contributed by atoms with Crippen LogP contribution < -0.4 is 5.32 Å². The third kappa shape index (κ3) is 4.35. The summed E-state index contributed by atoms with van der Waals surface area (Å²) in [6, 6.07) is 5.55. The van der Waals surface area contributed by atoms with Gasteiger partial charge < -0.3 is 5.32 Å². The molecule has 0 amide bonds. The molecule has 0 aliphatic heterocycles. The molecule has 20 heavy (non-hydrogen) atoms. The van der Waals surface area contributed by atoms with Crippen molar-refractivity contribution in [2.24, 2.45) is 0 Å². The Labute approximate surface area is 125 Å². The van der Waals surface area contributed by atoms with Crippen molar-refractivity contribution in [2.75, 3.05) is 18.4 Å². The Balaban J connectivity index is 2.73. The van der Waals surface area contributed by atoms with Gasteiger partial charge in [-0.1, -0.05) is 17.7 Å². The fraction of sp³-hybridized carbons (Fsp3) is 0.571. The molecule has 1 N–H and O–H groups in total. The van der Waals surface area contributed by atoms with Gasteiger partial charge in [0.2, 0.25) is 0 Å². The molecule has 1 rings (SSSR count). The Kier molecular flexibility index (Phi) is 6.23. The molecule has 0 bridgehead atoms. The van der Waals surface area contributed by atoms with Crippen LogP contribution in [-0.2, 0) is 0 Å². The highest BCUT2D eigenvalue weighted by molar-refractivity contribution is 6.33. The minimum absolute atomic E-state index is 0.0122. The van der Waals surface area contributed by atoms with Crippen molar-refractivity contribution in [3.63, 3.8) is 0 Å². The van der Waals surface area contributed by atoms with Crippen LogP contribution in [0, 0.1) is 10.1 Å². The maximum Gasteiger partial charge on any atom is 0.293 e. The molecule has 0 saturated carbocycles. The fourth-order valence-corrected chi connectivity index (χ4v) is 2.50. The Morgan fingerprint density at radius 2 is 1.90 bits per heavy atom. The fourth-order valence-electron chi connectivity index (χ4n) is 2.26. The van der Waals surface area contributed by atoms with Crippen LogP contribution in [0.1, 0.15) is 27.7 Å². The predicted octanol–water partition coefficient (Wildman–Crippen LogP) is 3.78. The molecule has 1 aromatic rings. The first-order valence-corrected chi connectivity index (χ1v) is 7.15. The van der Waals surface area contributed by atoms with Gasteiger partial charge in [-0.05, 0) is 33.8 Å². The molecule has 112 valence electrons. The van der Waals surface area contributed by atoms with E-state index in [0.717, 1.165) is 6.54 Å². The van der Waals surface area contributed by atoms with Crippen LogP contribution in [-0.4, -0.2) is 35.0 Å². The number of nitro benzene ring substituents is 1. The lowest BCUT2D eigenvalue weighted by Gasteiger charge is -2.30. The molecule has 0 spiro atoms. The molecule has 0 saturated heterocycles. The molecule has 6 heteroatoms. The van der Waals surface area contributed by atoms with Gasteiger partial charge in [0.05, 0.1) is 9.95 Å². The lowest BCUT2D eigenvalue weighted by atomic mass is 10.2. The predicted molar refractivity (Wildman–Crippen MR) is 83.6 cm³/mol. The van der Waals surface area contributed by atoms with Crippen LogP contribution in [0.5, 0.6) is 0 Å². The highest BCUT2D eigenvalue weighted by Crippen LogP contribution is 2.31. The molecule has 5 nitrogen and oxygen atoms in total. The van der Waals surface area contributed by atoms with Gasteiger partial charge in [0.25, 0.3) is 5.69 Å². The number of benzene rings is 1. The standard InChI is InChI=1S/C14H22ClN3O2/c1-10(2)17(11(3)4)9-8-16-14-12(15)6-5-7-13(14)18(19)20/h5-7,10-11,16H,8-9H2,1-4H3. The zero-order chi connectivity index (χ0) is 15.3. The smallest absolute Gasteiger partial charge is 0.293 e. The molecule has 0 aromatic heterocycles. The number of para-hydroxylation sites is 1. The van der Waals surface area contributed by atoms with E-state index in [4.69, 9.17) is 11.6 Å². The van der Waals surface area contributed by atoms with Crippen LogP contribution in [0.2, 0.25) is 5.02 Å². The summed E-state index contributed by atoms with van der Waals surface area (Å²) in [5.41, 5.74) is 0.407. The second-order valence-corrected chi connectivity index (χ2v) is 5.65. The first kappa shape index (κ1) is 16.7. The van der Waals surface area contributed by atoms with Gasteiger partial charge in [-0.25, -0.2) is 0 Å². The average molecular weight is 300 g/mol. The second-order valence-electron chi connectivity index (χ2n) is 5.24. The maximum atomic E-state index is 11.0. The van der Waals surface area contributed by atoms with E-state index in [1.54, 1.807) is 12.1 Å². The van der Waals surface area contributed by atoms with E-state index in [9.17, 15) is 10.1 Å². The summed E-state index contributed by atoms with van der Waals surface area (Å²) in [4.78, 5) is 12.9. The zero-order valence-corrected chi connectivity index (χ0v) is 13.1. The van der Waals surface area contributed by atoms with Gasteiger partial charge >= 0.3 is 0 Å². The Morgan fingerprint density at radius 1 is 1.30 bits per heavy atom. The third-order valence-corrected chi connectivity index (χ3v) is 3.50. The number of hydrogen-bond donors (Lipinski definition) is 1. The topological polar surface area (TPSA) is 58.4 Å². The van der Waals surface area contributed by atoms with E-state index in [-0.39, 0.29) is 5.69 Å². The molecule has 0 radical (unpaired) electrons. The van der Waals surface area contributed by atoms with E-state index in [0.29, 0.717) is 29.3 Å². The van der Waals surface area contributed by atoms with Crippen molar-refractivity contribution in [3.05, 3.63) is 33.3 Å². The molecule has 0 heterocycles. The Hall–Kier alpha value is -1.33. The molecule has 0 unspecified atom stereocenters. The van der Waals surface area contributed by atoms with Crippen molar-refractivity contribution in [1.29, 1.82) is 0 Å². The molecule has 1 aromatic carbocycles. The summed E-state index contributed by atoms with van der Waals surface area (Å²) in [5.74, 6) is 0. The van der Waals surface area contributed by atoms with E-state index in [1.807, 2.05) is 0 Å². The summed E-state index contributed by atoms with van der Waals surface area (Å²) < 4.78 is 0. The van der Waals surface area contributed by atoms with Crippen molar-refractivity contribution in [3.8, 4) is 0 Å². The van der Waals surface area contributed by atoms with Crippen LogP contribution >= 0.6 is 11.6 Å². The first-order valence-electron chi connectivity index (χ1n) is 6.77. The van der Waals surface area contributed by atoms with Crippen LogP contribution in [0.15, 0.2) is 18.2 Å². The number of nitrogens with zero attached hydrogens (tertiary/aromatic N) is 2. The van der Waals surface area contributed by atoms with E-state index >= 15 is 0 Å². The molecule has 0 fully saturated rings. The summed E-state index contributed by atoms with van der Waals surface area (Å²) in [6.45, 7) is 9.96. The second kappa shape index (κ2) is 7.45. The summed E-state index contributed by atoms with van der Waals surface area (Å²) in [5, 5.41) is 14.4. The zero-order valence-electron chi connectivity index (χ0n) is 12.4. The lowest BCUT2D eigenvalue weighted by molar-refractivity contribution is -0.383. The highest BCUT2D eigenvalue weighted by Gasteiger charge is 2.17. The monoisotopic (exact) mass is 299 g/mol. The number of nitrogens with one attached hydrogen (secondary N) is 1. The number of halogens is 1. The average Bonchev–Trinajstić information content (AvgIpc) is 2.34. The molecule has 0 atom stereocenters. The summed E-state index contributed by atoms with van der Waals surface area (Å²) in [6.07, 6.45) is 0. The van der Waals surface area contributed by atoms with Gasteiger partial charge in [-0.2, -0.15) is 0 Å². The van der Waals surface area contributed by atoms with E-state index < -0.39 is 4.92 Å². The third-order valence-electron chi connectivity index (χ3n) is 3.19. The summed E-state index contributed by atoms with van der Waals surface area (Å²) in [7, 11) is 0.